The number of rotatable bonds is 3. The van der Waals surface area contributed by atoms with Crippen LogP contribution in [0.3, 0.4) is 0 Å². The van der Waals surface area contributed by atoms with E-state index in [1.165, 1.54) is 11.1 Å². The van der Waals surface area contributed by atoms with E-state index in [4.69, 9.17) is 4.42 Å². The van der Waals surface area contributed by atoms with Gasteiger partial charge in [0.2, 0.25) is 0 Å². The zero-order valence-electron chi connectivity index (χ0n) is 16.3. The molecular formula is C23H15N3O5. The molecule has 1 aromatic heterocycles. The number of anilines is 1. The van der Waals surface area contributed by atoms with E-state index in [1.807, 2.05) is 13.0 Å². The molecule has 0 spiro atoms. The van der Waals surface area contributed by atoms with Crippen molar-refractivity contribution in [1.82, 2.24) is 10.7 Å². The summed E-state index contributed by atoms with van der Waals surface area (Å²) in [6.07, 6.45) is 1.38. The number of nitrogens with zero attached hydrogens (tertiary/aromatic N) is 1. The number of hydrazine groups is 1. The molecule has 8 heteroatoms. The van der Waals surface area contributed by atoms with E-state index in [9.17, 15) is 19.2 Å². The van der Waals surface area contributed by atoms with Crippen LogP contribution in [0.15, 0.2) is 64.6 Å². The fourth-order valence-corrected chi connectivity index (χ4v) is 3.56. The molecule has 0 aliphatic carbocycles. The van der Waals surface area contributed by atoms with Crippen molar-refractivity contribution in [1.29, 1.82) is 0 Å². The Hall–Kier alpha value is -4.46. The summed E-state index contributed by atoms with van der Waals surface area (Å²) < 4.78 is 5.77. The quantitative estimate of drug-likeness (QED) is 0.390. The topological polar surface area (TPSA) is 109 Å². The van der Waals surface area contributed by atoms with Crippen LogP contribution in [0, 0.1) is 6.92 Å². The summed E-state index contributed by atoms with van der Waals surface area (Å²) in [6.45, 7) is 1.89. The van der Waals surface area contributed by atoms with E-state index < -0.39 is 23.6 Å². The Morgan fingerprint density at radius 1 is 0.871 bits per heavy atom. The average molecular weight is 413 g/mol. The van der Waals surface area contributed by atoms with Crippen molar-refractivity contribution in [2.24, 2.45) is 0 Å². The second kappa shape index (κ2) is 6.81. The minimum absolute atomic E-state index is 0.0543. The smallest absolute Gasteiger partial charge is 0.282 e. The molecule has 5 rings (SSSR count). The van der Waals surface area contributed by atoms with Gasteiger partial charge < -0.3 is 4.42 Å². The highest BCUT2D eigenvalue weighted by Gasteiger charge is 2.35. The molecule has 0 atom stereocenters. The standard InChI is InChI=1S/C23H15N3O5/c1-12-3-2-4-14(9-12)26-23(30)18(22(29)25-26)11-15-6-8-19(31-15)13-5-7-16-17(10-13)21(28)24-20(16)27/h2-11H,1H3,(H,25,29)(H,24,27,28)/b18-11+. The summed E-state index contributed by atoms with van der Waals surface area (Å²) in [6, 6.07) is 15.3. The molecule has 1 saturated heterocycles. The van der Waals surface area contributed by atoms with Crippen LogP contribution in [0.5, 0.6) is 0 Å². The molecule has 0 radical (unpaired) electrons. The van der Waals surface area contributed by atoms with E-state index in [-0.39, 0.29) is 11.1 Å². The predicted molar refractivity (Wildman–Crippen MR) is 111 cm³/mol. The summed E-state index contributed by atoms with van der Waals surface area (Å²) in [7, 11) is 0. The van der Waals surface area contributed by atoms with Gasteiger partial charge in [0, 0.05) is 5.56 Å². The lowest BCUT2D eigenvalue weighted by Gasteiger charge is -2.14. The molecule has 2 aromatic carbocycles. The number of carbonyl (C=O) groups is 4. The molecule has 0 unspecified atom stereocenters. The van der Waals surface area contributed by atoms with Gasteiger partial charge in [0.25, 0.3) is 23.6 Å². The summed E-state index contributed by atoms with van der Waals surface area (Å²) in [5.41, 5.74) is 5.20. The number of hydrogen-bond acceptors (Lipinski definition) is 5. The molecule has 0 saturated carbocycles. The zero-order valence-corrected chi connectivity index (χ0v) is 16.3. The molecule has 3 aromatic rings. The number of fused-ring (bicyclic) bond motifs is 1. The van der Waals surface area contributed by atoms with Crippen molar-refractivity contribution in [3.63, 3.8) is 0 Å². The van der Waals surface area contributed by atoms with Gasteiger partial charge in [-0.2, -0.15) is 0 Å². The molecule has 3 heterocycles. The van der Waals surface area contributed by atoms with Crippen molar-refractivity contribution in [3.8, 4) is 11.3 Å². The van der Waals surface area contributed by atoms with Gasteiger partial charge in [-0.15, -0.1) is 0 Å². The summed E-state index contributed by atoms with van der Waals surface area (Å²) >= 11 is 0. The molecule has 2 aliphatic rings. The molecule has 2 N–H and O–H groups in total. The van der Waals surface area contributed by atoms with E-state index in [2.05, 4.69) is 10.7 Å². The molecule has 2 aliphatic heterocycles. The zero-order chi connectivity index (χ0) is 21.7. The Morgan fingerprint density at radius 2 is 1.68 bits per heavy atom. The van der Waals surface area contributed by atoms with E-state index in [0.29, 0.717) is 28.3 Å². The third-order valence-electron chi connectivity index (χ3n) is 5.09. The van der Waals surface area contributed by atoms with Crippen LogP contribution in [0.4, 0.5) is 5.69 Å². The maximum Gasteiger partial charge on any atom is 0.282 e. The number of imide groups is 1. The second-order valence-electron chi connectivity index (χ2n) is 7.22. The number of furan rings is 1. The van der Waals surface area contributed by atoms with Gasteiger partial charge in [0.15, 0.2) is 0 Å². The van der Waals surface area contributed by atoms with Gasteiger partial charge in [-0.05, 0) is 55.0 Å². The van der Waals surface area contributed by atoms with Crippen LogP contribution in [-0.2, 0) is 9.59 Å². The van der Waals surface area contributed by atoms with Crippen molar-refractivity contribution >= 4 is 35.4 Å². The molecule has 4 amide bonds. The maximum absolute atomic E-state index is 12.8. The van der Waals surface area contributed by atoms with Crippen LogP contribution >= 0.6 is 0 Å². The number of amides is 4. The first-order valence-corrected chi connectivity index (χ1v) is 9.44. The van der Waals surface area contributed by atoms with Gasteiger partial charge in [-0.3, -0.25) is 29.9 Å². The fourth-order valence-electron chi connectivity index (χ4n) is 3.56. The SMILES string of the molecule is Cc1cccc(N2NC(=O)/C(=C\c3ccc(-c4ccc5c(c4)C(=O)NC5=O)o3)C2=O)c1. The first kappa shape index (κ1) is 18.6. The van der Waals surface area contributed by atoms with E-state index in [1.54, 1.807) is 48.5 Å². The van der Waals surface area contributed by atoms with Crippen LogP contribution in [-0.4, -0.2) is 23.6 Å². The Morgan fingerprint density at radius 3 is 2.48 bits per heavy atom. The molecular weight excluding hydrogens is 398 g/mol. The fraction of sp³-hybridized carbons (Fsp3) is 0.0435. The molecule has 0 bridgehead atoms. The lowest BCUT2D eigenvalue weighted by Crippen LogP contribution is -2.35. The predicted octanol–water partition coefficient (Wildman–Crippen LogP) is 2.60. The summed E-state index contributed by atoms with van der Waals surface area (Å²) in [4.78, 5) is 48.7. The van der Waals surface area contributed by atoms with Crippen molar-refractivity contribution in [2.45, 2.75) is 6.92 Å². The maximum atomic E-state index is 12.8. The number of nitrogens with one attached hydrogen (secondary N) is 2. The largest absolute Gasteiger partial charge is 0.457 e. The van der Waals surface area contributed by atoms with Gasteiger partial charge in [0.05, 0.1) is 16.8 Å². The van der Waals surface area contributed by atoms with Crippen molar-refractivity contribution < 1.29 is 23.6 Å². The lowest BCUT2D eigenvalue weighted by molar-refractivity contribution is -0.117. The highest BCUT2D eigenvalue weighted by atomic mass is 16.3. The minimum atomic E-state index is -0.530. The Bertz CT molecular complexity index is 1330. The van der Waals surface area contributed by atoms with Crippen LogP contribution in [0.25, 0.3) is 17.4 Å². The third kappa shape index (κ3) is 3.10. The molecule has 152 valence electrons. The monoisotopic (exact) mass is 413 g/mol. The number of carbonyl (C=O) groups excluding carboxylic acids is 4. The second-order valence-corrected chi connectivity index (χ2v) is 7.22. The first-order valence-electron chi connectivity index (χ1n) is 9.44. The van der Waals surface area contributed by atoms with Gasteiger partial charge in [-0.1, -0.05) is 18.2 Å². The first-order chi connectivity index (χ1) is 14.9. The Labute approximate surface area is 176 Å². The van der Waals surface area contributed by atoms with Crippen molar-refractivity contribution in [2.75, 3.05) is 5.01 Å². The molecule has 1 fully saturated rings. The molecule has 8 nitrogen and oxygen atoms in total. The van der Waals surface area contributed by atoms with Gasteiger partial charge in [-0.25, -0.2) is 5.01 Å². The van der Waals surface area contributed by atoms with E-state index >= 15 is 0 Å². The van der Waals surface area contributed by atoms with Crippen molar-refractivity contribution in [3.05, 3.63) is 82.6 Å². The van der Waals surface area contributed by atoms with Gasteiger partial charge in [0.1, 0.15) is 17.1 Å². The highest BCUT2D eigenvalue weighted by molar-refractivity contribution is 6.31. The Kier molecular flexibility index (Phi) is 4.07. The third-order valence-corrected chi connectivity index (χ3v) is 5.09. The van der Waals surface area contributed by atoms with Gasteiger partial charge >= 0.3 is 0 Å². The minimum Gasteiger partial charge on any atom is -0.457 e. The summed E-state index contributed by atoms with van der Waals surface area (Å²) in [5, 5.41) is 3.44. The highest BCUT2D eigenvalue weighted by Crippen LogP contribution is 2.28. The van der Waals surface area contributed by atoms with E-state index in [0.717, 1.165) is 5.56 Å². The Balaban J connectivity index is 1.43. The number of benzene rings is 2. The number of aryl methyl sites for hydroxylation is 1. The summed E-state index contributed by atoms with van der Waals surface area (Å²) in [5.74, 6) is -1.16. The van der Waals surface area contributed by atoms with Crippen LogP contribution in [0.1, 0.15) is 32.0 Å². The normalized spacial score (nSPS) is 16.7. The number of hydrogen-bond donors (Lipinski definition) is 2. The average Bonchev–Trinajstić information content (AvgIpc) is 3.41. The van der Waals surface area contributed by atoms with Crippen LogP contribution in [0.2, 0.25) is 0 Å². The van der Waals surface area contributed by atoms with Crippen LogP contribution < -0.4 is 15.8 Å². The lowest BCUT2D eigenvalue weighted by atomic mass is 10.0. The molecule has 31 heavy (non-hydrogen) atoms.